The Labute approximate surface area is 125 Å². The minimum Gasteiger partial charge on any atom is -0.492 e. The molecule has 0 spiro atoms. The number of carboxylic acid groups (broad SMARTS) is 1. The van der Waals surface area contributed by atoms with Gasteiger partial charge in [-0.3, -0.25) is 13.2 Å². The molecule has 0 heterocycles. The number of rotatable bonds is 8. The molecule has 0 aliphatic heterocycles. The van der Waals surface area contributed by atoms with Gasteiger partial charge in [-0.2, -0.15) is 0 Å². The average molecular weight is 340 g/mol. The summed E-state index contributed by atoms with van der Waals surface area (Å²) >= 11 is 0. The fourth-order valence-corrected chi connectivity index (χ4v) is 2.13. The quantitative estimate of drug-likeness (QED) is 0.783. The van der Waals surface area contributed by atoms with Gasteiger partial charge in [-0.05, 0) is 18.2 Å². The van der Waals surface area contributed by atoms with Crippen molar-refractivity contribution >= 4 is 15.8 Å². The molecule has 0 aromatic heterocycles. The van der Waals surface area contributed by atoms with Gasteiger partial charge in [-0.1, -0.05) is 0 Å². The maximum absolute atomic E-state index is 12.7. The molecule has 0 saturated carbocycles. The second-order valence-electron chi connectivity index (χ2n) is 4.92. The highest BCUT2D eigenvalue weighted by molar-refractivity contribution is 7.90. The molecule has 124 valence electrons. The van der Waals surface area contributed by atoms with Crippen molar-refractivity contribution in [2.24, 2.45) is 5.41 Å². The van der Waals surface area contributed by atoms with Crippen LogP contribution < -0.4 is 4.74 Å². The van der Waals surface area contributed by atoms with Crippen LogP contribution in [0.15, 0.2) is 23.1 Å². The van der Waals surface area contributed by atoms with Crippen molar-refractivity contribution < 1.29 is 36.2 Å². The minimum absolute atomic E-state index is 0.245. The Morgan fingerprint density at radius 3 is 2.18 bits per heavy atom. The molecular formula is C13H15F3O5S. The molecule has 1 aromatic carbocycles. The number of carboxylic acids is 1. The fourth-order valence-electron chi connectivity index (χ4n) is 1.49. The molecule has 1 rings (SSSR count). The van der Waals surface area contributed by atoms with Gasteiger partial charge in [-0.15, -0.1) is 0 Å². The fraction of sp³-hybridized carbons (Fsp3) is 0.462. The van der Waals surface area contributed by atoms with Gasteiger partial charge >= 0.3 is 5.97 Å². The van der Waals surface area contributed by atoms with Crippen molar-refractivity contribution in [2.45, 2.75) is 4.90 Å². The van der Waals surface area contributed by atoms with E-state index < -0.39 is 53.4 Å². The molecule has 1 aromatic rings. The third-order valence-corrected chi connectivity index (χ3v) is 4.10. The molecule has 0 aliphatic carbocycles. The van der Waals surface area contributed by atoms with E-state index in [1.807, 2.05) is 0 Å². The minimum atomic E-state index is -3.63. The van der Waals surface area contributed by atoms with Crippen molar-refractivity contribution in [2.75, 3.05) is 32.9 Å². The lowest BCUT2D eigenvalue weighted by Crippen LogP contribution is -2.35. The smallest absolute Gasteiger partial charge is 0.339 e. The van der Waals surface area contributed by atoms with Crippen molar-refractivity contribution in [3.05, 3.63) is 23.8 Å². The normalized spacial score (nSPS) is 12.2. The first kappa shape index (κ1) is 18.3. The summed E-state index contributed by atoms with van der Waals surface area (Å²) in [5.74, 6) is -1.77. The maximum Gasteiger partial charge on any atom is 0.339 e. The molecule has 0 aliphatic rings. The molecule has 0 unspecified atom stereocenters. The molecule has 0 atom stereocenters. The van der Waals surface area contributed by atoms with Crippen LogP contribution >= 0.6 is 0 Å². The largest absolute Gasteiger partial charge is 0.492 e. The van der Waals surface area contributed by atoms with Gasteiger partial charge < -0.3 is 9.84 Å². The summed E-state index contributed by atoms with van der Waals surface area (Å²) in [7, 11) is -3.63. The first-order valence-electron chi connectivity index (χ1n) is 6.07. The standard InChI is InChI=1S/C13H15F3O5S/c1-22(19,20)9-2-3-11(10(4-9)12(17)18)21-8-13(5-14,6-15)7-16/h2-4H,5-8H2,1H3,(H,17,18). The summed E-state index contributed by atoms with van der Waals surface area (Å²) in [5.41, 5.74) is -2.49. The number of benzene rings is 1. The molecule has 0 fully saturated rings. The van der Waals surface area contributed by atoms with E-state index in [1.165, 1.54) is 0 Å². The highest BCUT2D eigenvalue weighted by Gasteiger charge is 2.33. The van der Waals surface area contributed by atoms with E-state index >= 15 is 0 Å². The third-order valence-electron chi connectivity index (χ3n) is 2.99. The topological polar surface area (TPSA) is 80.7 Å². The summed E-state index contributed by atoms with van der Waals surface area (Å²) in [6.07, 6.45) is 0.898. The van der Waals surface area contributed by atoms with Crippen LogP contribution in [-0.2, 0) is 9.84 Å². The van der Waals surface area contributed by atoms with Gasteiger partial charge in [-0.25, -0.2) is 13.2 Å². The number of aromatic carboxylic acids is 1. The van der Waals surface area contributed by atoms with Crippen molar-refractivity contribution in [1.82, 2.24) is 0 Å². The Kier molecular flexibility index (Phi) is 5.81. The summed E-state index contributed by atoms with van der Waals surface area (Å²) in [6, 6.07) is 3.02. The lowest BCUT2D eigenvalue weighted by molar-refractivity contribution is 0.0523. The van der Waals surface area contributed by atoms with Gasteiger partial charge in [0.1, 0.15) is 37.9 Å². The summed E-state index contributed by atoms with van der Waals surface area (Å²) in [5, 5.41) is 9.06. The Bertz CT molecular complexity index is 633. The van der Waals surface area contributed by atoms with Gasteiger partial charge in [0.15, 0.2) is 9.84 Å². The highest BCUT2D eigenvalue weighted by Crippen LogP contribution is 2.27. The lowest BCUT2D eigenvalue weighted by atomic mass is 9.94. The predicted molar refractivity (Wildman–Crippen MR) is 72.4 cm³/mol. The van der Waals surface area contributed by atoms with E-state index in [0.717, 1.165) is 24.5 Å². The number of hydrogen-bond donors (Lipinski definition) is 1. The van der Waals surface area contributed by atoms with Crippen LogP contribution in [0.1, 0.15) is 10.4 Å². The Morgan fingerprint density at radius 1 is 1.23 bits per heavy atom. The zero-order valence-electron chi connectivity index (χ0n) is 11.7. The van der Waals surface area contributed by atoms with E-state index in [2.05, 4.69) is 0 Å². The molecule has 9 heteroatoms. The van der Waals surface area contributed by atoms with Crippen LogP contribution in [0.4, 0.5) is 13.2 Å². The van der Waals surface area contributed by atoms with Crippen LogP contribution in [0.2, 0.25) is 0 Å². The average Bonchev–Trinajstić information content (AvgIpc) is 2.48. The highest BCUT2D eigenvalue weighted by atomic mass is 32.2. The van der Waals surface area contributed by atoms with Crippen molar-refractivity contribution in [3.63, 3.8) is 0 Å². The Balaban J connectivity index is 3.13. The zero-order valence-corrected chi connectivity index (χ0v) is 12.5. The number of alkyl halides is 3. The first-order valence-corrected chi connectivity index (χ1v) is 7.96. The van der Waals surface area contributed by atoms with Crippen LogP contribution in [0.25, 0.3) is 0 Å². The molecule has 22 heavy (non-hydrogen) atoms. The van der Waals surface area contributed by atoms with Crippen LogP contribution in [-0.4, -0.2) is 52.4 Å². The van der Waals surface area contributed by atoms with Crippen molar-refractivity contribution in [1.29, 1.82) is 0 Å². The molecule has 0 radical (unpaired) electrons. The van der Waals surface area contributed by atoms with E-state index in [1.54, 1.807) is 0 Å². The Morgan fingerprint density at radius 2 is 1.77 bits per heavy atom. The van der Waals surface area contributed by atoms with Crippen molar-refractivity contribution in [3.8, 4) is 5.75 Å². The summed E-state index contributed by atoms with van der Waals surface area (Å²) < 4.78 is 66.0. The summed E-state index contributed by atoms with van der Waals surface area (Å²) in [6.45, 7) is -4.66. The van der Waals surface area contributed by atoms with Crippen LogP contribution in [0, 0.1) is 5.41 Å². The van der Waals surface area contributed by atoms with Gasteiger partial charge in [0, 0.05) is 6.26 Å². The molecule has 0 bridgehead atoms. The van der Waals surface area contributed by atoms with E-state index in [9.17, 15) is 26.4 Å². The second kappa shape index (κ2) is 6.99. The van der Waals surface area contributed by atoms with E-state index in [-0.39, 0.29) is 10.6 Å². The van der Waals surface area contributed by atoms with Crippen LogP contribution in [0.5, 0.6) is 5.75 Å². The van der Waals surface area contributed by atoms with E-state index in [4.69, 9.17) is 9.84 Å². The number of hydrogen-bond acceptors (Lipinski definition) is 4. The second-order valence-corrected chi connectivity index (χ2v) is 6.94. The van der Waals surface area contributed by atoms with Gasteiger partial charge in [0.05, 0.1) is 10.3 Å². The number of ether oxygens (including phenoxy) is 1. The molecular weight excluding hydrogens is 325 g/mol. The molecule has 1 N–H and O–H groups in total. The number of sulfone groups is 1. The third kappa shape index (κ3) is 4.12. The summed E-state index contributed by atoms with van der Waals surface area (Å²) in [4.78, 5) is 10.9. The SMILES string of the molecule is CS(=O)(=O)c1ccc(OCC(CF)(CF)CF)c(C(=O)O)c1. The predicted octanol–water partition coefficient (Wildman–Crippen LogP) is 2.06. The molecule has 5 nitrogen and oxygen atoms in total. The van der Waals surface area contributed by atoms with Gasteiger partial charge in [0.2, 0.25) is 0 Å². The van der Waals surface area contributed by atoms with Gasteiger partial charge in [0.25, 0.3) is 0 Å². The molecule has 0 saturated heterocycles. The number of halogens is 3. The first-order chi connectivity index (χ1) is 10.2. The van der Waals surface area contributed by atoms with Crippen LogP contribution in [0.3, 0.4) is 0 Å². The monoisotopic (exact) mass is 340 g/mol. The number of carbonyl (C=O) groups is 1. The zero-order chi connectivity index (χ0) is 17.0. The Hall–Kier alpha value is -1.77. The maximum atomic E-state index is 12.7. The lowest BCUT2D eigenvalue weighted by Gasteiger charge is -2.24. The molecule has 0 amide bonds. The van der Waals surface area contributed by atoms with E-state index in [0.29, 0.717) is 0 Å².